The van der Waals surface area contributed by atoms with Gasteiger partial charge in [-0.2, -0.15) is 0 Å². The molecule has 0 radical (unpaired) electrons. The lowest BCUT2D eigenvalue weighted by atomic mass is 9.98. The van der Waals surface area contributed by atoms with Crippen LogP contribution in [0.25, 0.3) is 0 Å². The van der Waals surface area contributed by atoms with E-state index in [2.05, 4.69) is 15.9 Å². The van der Waals surface area contributed by atoms with Gasteiger partial charge in [-0.15, -0.1) is 0 Å². The maximum absolute atomic E-state index is 13.7. The highest BCUT2D eigenvalue weighted by Crippen LogP contribution is 2.27. The molecule has 100 valence electrons. The maximum Gasteiger partial charge on any atom is 0.161 e. The van der Waals surface area contributed by atoms with E-state index >= 15 is 0 Å². The molecule has 0 saturated carbocycles. The number of rotatable bonds is 2. The zero-order chi connectivity index (χ0) is 14.2. The second kappa shape index (κ2) is 5.30. The summed E-state index contributed by atoms with van der Waals surface area (Å²) in [5.41, 5.74) is 5.39. The average Bonchev–Trinajstić information content (AvgIpc) is 2.33. The first-order chi connectivity index (χ1) is 8.90. The van der Waals surface area contributed by atoms with E-state index in [9.17, 15) is 17.6 Å². The summed E-state index contributed by atoms with van der Waals surface area (Å²) in [6.45, 7) is 0. The van der Waals surface area contributed by atoms with Gasteiger partial charge < -0.3 is 5.73 Å². The molecule has 0 amide bonds. The third kappa shape index (κ3) is 2.79. The summed E-state index contributed by atoms with van der Waals surface area (Å²) in [6, 6.07) is 3.84. The van der Waals surface area contributed by atoms with E-state index in [1.807, 2.05) is 0 Å². The van der Waals surface area contributed by atoms with Crippen molar-refractivity contribution in [2.75, 3.05) is 0 Å². The van der Waals surface area contributed by atoms with Gasteiger partial charge in [-0.1, -0.05) is 22.0 Å². The Kier molecular flexibility index (Phi) is 3.91. The zero-order valence-electron chi connectivity index (χ0n) is 9.43. The molecule has 2 rings (SSSR count). The monoisotopic (exact) mass is 333 g/mol. The van der Waals surface area contributed by atoms with Gasteiger partial charge in [0.1, 0.15) is 11.6 Å². The van der Waals surface area contributed by atoms with E-state index in [1.54, 1.807) is 0 Å². The van der Waals surface area contributed by atoms with Crippen LogP contribution in [0.2, 0.25) is 0 Å². The standard InChI is InChI=1S/C13H8BrF4N/c14-6-1-2-7(9(15)3-6)13(19)8-4-11(17)12(18)5-10(8)16/h1-5,13H,19H2. The summed E-state index contributed by atoms with van der Waals surface area (Å²) >= 11 is 3.07. The molecule has 1 unspecified atom stereocenters. The third-order valence-corrected chi connectivity index (χ3v) is 3.17. The van der Waals surface area contributed by atoms with Crippen LogP contribution in [0.15, 0.2) is 34.8 Å². The Morgan fingerprint density at radius 3 is 2.00 bits per heavy atom. The normalized spacial score (nSPS) is 12.5. The van der Waals surface area contributed by atoms with Gasteiger partial charge in [0.15, 0.2) is 11.6 Å². The minimum Gasteiger partial charge on any atom is -0.320 e. The van der Waals surface area contributed by atoms with Crippen molar-refractivity contribution in [2.45, 2.75) is 6.04 Å². The van der Waals surface area contributed by atoms with Crippen molar-refractivity contribution in [3.05, 3.63) is 69.2 Å². The molecule has 0 aromatic heterocycles. The lowest BCUT2D eigenvalue weighted by Gasteiger charge is -2.15. The molecule has 0 spiro atoms. The number of halogens is 5. The fourth-order valence-corrected chi connectivity index (χ4v) is 2.03. The van der Waals surface area contributed by atoms with E-state index in [4.69, 9.17) is 5.73 Å². The molecule has 19 heavy (non-hydrogen) atoms. The van der Waals surface area contributed by atoms with Gasteiger partial charge in [0.2, 0.25) is 0 Å². The molecule has 0 fully saturated rings. The zero-order valence-corrected chi connectivity index (χ0v) is 11.0. The molecule has 2 aromatic carbocycles. The molecule has 2 aromatic rings. The molecule has 0 aliphatic rings. The van der Waals surface area contributed by atoms with Crippen molar-refractivity contribution in [1.82, 2.24) is 0 Å². The summed E-state index contributed by atoms with van der Waals surface area (Å²) in [5.74, 6) is -4.23. The van der Waals surface area contributed by atoms with Gasteiger partial charge in [0.25, 0.3) is 0 Å². The predicted octanol–water partition coefficient (Wildman–Crippen LogP) is 4.05. The Balaban J connectivity index is 2.49. The minimum absolute atomic E-state index is 0.00638. The fraction of sp³-hybridized carbons (Fsp3) is 0.0769. The summed E-state index contributed by atoms with van der Waals surface area (Å²) < 4.78 is 53.7. The molecule has 1 nitrogen and oxygen atoms in total. The van der Waals surface area contributed by atoms with E-state index in [1.165, 1.54) is 12.1 Å². The van der Waals surface area contributed by atoms with Gasteiger partial charge in [-0.25, -0.2) is 17.6 Å². The molecule has 0 saturated heterocycles. The SMILES string of the molecule is NC(c1ccc(Br)cc1F)c1cc(F)c(F)cc1F. The van der Waals surface area contributed by atoms with Gasteiger partial charge in [-0.3, -0.25) is 0 Å². The van der Waals surface area contributed by atoms with E-state index < -0.39 is 29.3 Å². The number of nitrogens with two attached hydrogens (primary N) is 1. The highest BCUT2D eigenvalue weighted by Gasteiger charge is 2.20. The molecule has 6 heteroatoms. The summed E-state index contributed by atoms with van der Waals surface area (Å²) in [4.78, 5) is 0. The predicted molar refractivity (Wildman–Crippen MR) is 66.4 cm³/mol. The van der Waals surface area contributed by atoms with Gasteiger partial charge in [0, 0.05) is 21.7 Å². The molecule has 1 atom stereocenters. The first-order valence-electron chi connectivity index (χ1n) is 5.25. The largest absolute Gasteiger partial charge is 0.320 e. The van der Waals surface area contributed by atoms with Gasteiger partial charge >= 0.3 is 0 Å². The highest BCUT2D eigenvalue weighted by molar-refractivity contribution is 9.10. The van der Waals surface area contributed by atoms with E-state index in [0.29, 0.717) is 16.6 Å². The van der Waals surface area contributed by atoms with Crippen LogP contribution in [0.4, 0.5) is 17.6 Å². The average molecular weight is 334 g/mol. The Morgan fingerprint density at radius 2 is 1.37 bits per heavy atom. The van der Waals surface area contributed by atoms with Crippen molar-refractivity contribution in [3.63, 3.8) is 0 Å². The van der Waals surface area contributed by atoms with E-state index in [0.717, 1.165) is 6.07 Å². The summed E-state index contributed by atoms with van der Waals surface area (Å²) in [5, 5.41) is 0. The van der Waals surface area contributed by atoms with Crippen LogP contribution in [0.3, 0.4) is 0 Å². The van der Waals surface area contributed by atoms with Crippen molar-refractivity contribution in [1.29, 1.82) is 0 Å². The molecule has 2 N–H and O–H groups in total. The number of benzene rings is 2. The van der Waals surface area contributed by atoms with Crippen LogP contribution in [0, 0.1) is 23.3 Å². The first kappa shape index (κ1) is 14.0. The van der Waals surface area contributed by atoms with Crippen LogP contribution in [0.5, 0.6) is 0 Å². The molecule has 0 aliphatic carbocycles. The Bertz CT molecular complexity index is 630. The Hall–Kier alpha value is -1.40. The van der Waals surface area contributed by atoms with Crippen LogP contribution in [-0.4, -0.2) is 0 Å². The maximum atomic E-state index is 13.7. The first-order valence-corrected chi connectivity index (χ1v) is 6.04. The third-order valence-electron chi connectivity index (χ3n) is 2.67. The minimum atomic E-state index is -1.32. The van der Waals surface area contributed by atoms with Crippen LogP contribution >= 0.6 is 15.9 Å². The molecule has 0 bridgehead atoms. The lowest BCUT2D eigenvalue weighted by Crippen LogP contribution is -2.16. The van der Waals surface area contributed by atoms with Crippen LogP contribution in [-0.2, 0) is 0 Å². The Morgan fingerprint density at radius 1 is 0.789 bits per heavy atom. The van der Waals surface area contributed by atoms with Crippen molar-refractivity contribution >= 4 is 15.9 Å². The summed E-state index contributed by atoms with van der Waals surface area (Å²) in [7, 11) is 0. The van der Waals surface area contributed by atoms with Gasteiger partial charge in [0.05, 0.1) is 6.04 Å². The second-order valence-corrected chi connectivity index (χ2v) is 4.85. The van der Waals surface area contributed by atoms with Crippen LogP contribution in [0.1, 0.15) is 17.2 Å². The smallest absolute Gasteiger partial charge is 0.161 e. The van der Waals surface area contributed by atoms with Crippen LogP contribution < -0.4 is 5.73 Å². The lowest BCUT2D eigenvalue weighted by molar-refractivity contribution is 0.486. The van der Waals surface area contributed by atoms with E-state index in [-0.39, 0.29) is 11.1 Å². The second-order valence-electron chi connectivity index (χ2n) is 3.93. The van der Waals surface area contributed by atoms with Crippen molar-refractivity contribution in [3.8, 4) is 0 Å². The highest BCUT2D eigenvalue weighted by atomic mass is 79.9. The Labute approximate surface area is 115 Å². The fourth-order valence-electron chi connectivity index (χ4n) is 1.70. The topological polar surface area (TPSA) is 26.0 Å². The molecule has 0 heterocycles. The number of hydrogen-bond donors (Lipinski definition) is 1. The van der Waals surface area contributed by atoms with Crippen molar-refractivity contribution in [2.24, 2.45) is 5.73 Å². The molecule has 0 aliphatic heterocycles. The molecular weight excluding hydrogens is 326 g/mol. The number of hydrogen-bond acceptors (Lipinski definition) is 1. The summed E-state index contributed by atoms with van der Waals surface area (Å²) in [6.07, 6.45) is 0. The van der Waals surface area contributed by atoms with Crippen molar-refractivity contribution < 1.29 is 17.6 Å². The van der Waals surface area contributed by atoms with Gasteiger partial charge in [-0.05, 0) is 18.2 Å². The quantitative estimate of drug-likeness (QED) is 0.651. The molecular formula is C13H8BrF4N.